The number of nitrogen functional groups attached to an aromatic ring is 2. The Labute approximate surface area is 93.5 Å². The molecule has 16 heavy (non-hydrogen) atoms. The molecule has 2 atom stereocenters. The lowest BCUT2D eigenvalue weighted by Gasteiger charge is -2.28. The molecule has 5 N–H and O–H groups in total. The average molecular weight is 221 g/mol. The van der Waals surface area contributed by atoms with E-state index in [9.17, 15) is 5.11 Å². The molecule has 86 valence electrons. The number of rotatable bonds is 1. The molecule has 1 fully saturated rings. The minimum absolute atomic E-state index is 0.137. The van der Waals surface area contributed by atoms with E-state index < -0.39 is 6.10 Å². The van der Waals surface area contributed by atoms with Gasteiger partial charge in [-0.25, -0.2) is 4.68 Å². The molecular formula is C10H15N5O. The second-order valence-corrected chi connectivity index (χ2v) is 4.12. The molecule has 6 heteroatoms. The minimum atomic E-state index is -0.457. The van der Waals surface area contributed by atoms with Crippen molar-refractivity contribution in [1.82, 2.24) is 9.78 Å². The lowest BCUT2D eigenvalue weighted by Crippen LogP contribution is -2.29. The Morgan fingerprint density at radius 1 is 1.38 bits per heavy atom. The molecule has 0 amide bonds. The Hall–Kier alpha value is -1.74. The fourth-order valence-electron chi connectivity index (χ4n) is 2.21. The SMILES string of the molecule is N#Cc1c(N)nn(C2CCCCC2O)c1N. The summed E-state index contributed by atoms with van der Waals surface area (Å²) in [5.74, 6) is 0.392. The third kappa shape index (κ3) is 1.59. The first-order valence-corrected chi connectivity index (χ1v) is 5.36. The van der Waals surface area contributed by atoms with Crippen LogP contribution in [0.3, 0.4) is 0 Å². The molecule has 1 aromatic heterocycles. The van der Waals surface area contributed by atoms with Crippen LogP contribution in [0, 0.1) is 11.3 Å². The second kappa shape index (κ2) is 4.02. The van der Waals surface area contributed by atoms with E-state index in [1.807, 2.05) is 6.07 Å². The first-order valence-electron chi connectivity index (χ1n) is 5.36. The fraction of sp³-hybridized carbons (Fsp3) is 0.600. The highest BCUT2D eigenvalue weighted by atomic mass is 16.3. The highest BCUT2D eigenvalue weighted by molar-refractivity contribution is 5.61. The van der Waals surface area contributed by atoms with E-state index in [0.29, 0.717) is 0 Å². The van der Waals surface area contributed by atoms with Gasteiger partial charge in [-0.15, -0.1) is 0 Å². The molecule has 0 aromatic carbocycles. The smallest absolute Gasteiger partial charge is 0.165 e. The molecule has 1 aliphatic carbocycles. The molecule has 1 heterocycles. The zero-order valence-electron chi connectivity index (χ0n) is 8.93. The van der Waals surface area contributed by atoms with Gasteiger partial charge >= 0.3 is 0 Å². The summed E-state index contributed by atoms with van der Waals surface area (Å²) in [4.78, 5) is 0. The first kappa shape index (κ1) is 10.8. The predicted octanol–water partition coefficient (Wildman–Crippen LogP) is 0.395. The molecule has 0 radical (unpaired) electrons. The van der Waals surface area contributed by atoms with E-state index in [4.69, 9.17) is 16.7 Å². The lowest BCUT2D eigenvalue weighted by atomic mass is 9.93. The van der Waals surface area contributed by atoms with Gasteiger partial charge in [0.05, 0.1) is 12.1 Å². The second-order valence-electron chi connectivity index (χ2n) is 4.12. The number of nitriles is 1. The highest BCUT2D eigenvalue weighted by Gasteiger charge is 2.28. The van der Waals surface area contributed by atoms with Gasteiger partial charge in [0.1, 0.15) is 17.5 Å². The van der Waals surface area contributed by atoms with Gasteiger partial charge < -0.3 is 16.6 Å². The van der Waals surface area contributed by atoms with Crippen LogP contribution >= 0.6 is 0 Å². The van der Waals surface area contributed by atoms with Crippen LogP contribution in [0.15, 0.2) is 0 Å². The average Bonchev–Trinajstić information content (AvgIpc) is 2.55. The van der Waals surface area contributed by atoms with Gasteiger partial charge in [0.25, 0.3) is 0 Å². The molecule has 0 spiro atoms. The Bertz CT molecular complexity index is 433. The normalized spacial score (nSPS) is 25.2. The van der Waals surface area contributed by atoms with Crippen LogP contribution in [0.2, 0.25) is 0 Å². The predicted molar refractivity (Wildman–Crippen MR) is 59.3 cm³/mol. The van der Waals surface area contributed by atoms with Gasteiger partial charge in [-0.1, -0.05) is 12.8 Å². The summed E-state index contributed by atoms with van der Waals surface area (Å²) in [7, 11) is 0. The van der Waals surface area contributed by atoms with E-state index in [2.05, 4.69) is 5.10 Å². The van der Waals surface area contributed by atoms with Gasteiger partial charge in [0.2, 0.25) is 0 Å². The molecule has 6 nitrogen and oxygen atoms in total. The number of hydrogen-bond acceptors (Lipinski definition) is 5. The van der Waals surface area contributed by atoms with Crippen molar-refractivity contribution in [3.8, 4) is 6.07 Å². The molecule has 2 unspecified atom stereocenters. The van der Waals surface area contributed by atoms with Crippen molar-refractivity contribution in [2.24, 2.45) is 0 Å². The van der Waals surface area contributed by atoms with E-state index >= 15 is 0 Å². The van der Waals surface area contributed by atoms with E-state index in [-0.39, 0.29) is 23.2 Å². The third-order valence-electron chi connectivity index (χ3n) is 3.09. The monoisotopic (exact) mass is 221 g/mol. The van der Waals surface area contributed by atoms with E-state index in [0.717, 1.165) is 25.7 Å². The number of hydrogen-bond donors (Lipinski definition) is 3. The van der Waals surface area contributed by atoms with Crippen LogP contribution in [0.5, 0.6) is 0 Å². The number of aromatic nitrogens is 2. The van der Waals surface area contributed by atoms with Crippen LogP contribution in [-0.2, 0) is 0 Å². The molecular weight excluding hydrogens is 206 g/mol. The summed E-state index contributed by atoms with van der Waals surface area (Å²) >= 11 is 0. The zero-order valence-corrected chi connectivity index (χ0v) is 8.93. The van der Waals surface area contributed by atoms with Crippen LogP contribution in [0.4, 0.5) is 11.6 Å². The van der Waals surface area contributed by atoms with Crippen LogP contribution in [0.25, 0.3) is 0 Å². The maximum atomic E-state index is 9.88. The van der Waals surface area contributed by atoms with Crippen LogP contribution in [0.1, 0.15) is 37.3 Å². The summed E-state index contributed by atoms with van der Waals surface area (Å²) in [5, 5.41) is 22.8. The quantitative estimate of drug-likeness (QED) is 0.635. The Morgan fingerprint density at radius 3 is 2.62 bits per heavy atom. The number of nitrogens with two attached hydrogens (primary N) is 2. The molecule has 0 aliphatic heterocycles. The molecule has 0 saturated heterocycles. The van der Waals surface area contributed by atoms with Gasteiger partial charge in [0.15, 0.2) is 5.82 Å². The van der Waals surface area contributed by atoms with Crippen molar-refractivity contribution < 1.29 is 5.11 Å². The Kier molecular flexibility index (Phi) is 2.71. The first-order chi connectivity index (χ1) is 7.65. The molecule has 2 rings (SSSR count). The Balaban J connectivity index is 2.37. The van der Waals surface area contributed by atoms with Crippen molar-refractivity contribution in [1.29, 1.82) is 5.26 Å². The minimum Gasteiger partial charge on any atom is -0.391 e. The van der Waals surface area contributed by atoms with Crippen molar-refractivity contribution in [2.45, 2.75) is 37.8 Å². The van der Waals surface area contributed by atoms with Crippen molar-refractivity contribution in [2.75, 3.05) is 11.5 Å². The summed E-state index contributed by atoms with van der Waals surface area (Å²) in [6, 6.07) is 1.77. The number of anilines is 2. The number of nitrogens with zero attached hydrogens (tertiary/aromatic N) is 3. The highest BCUT2D eigenvalue weighted by Crippen LogP contribution is 2.32. The van der Waals surface area contributed by atoms with Crippen LogP contribution < -0.4 is 11.5 Å². The van der Waals surface area contributed by atoms with Gasteiger partial charge in [-0.3, -0.25) is 0 Å². The third-order valence-corrected chi connectivity index (χ3v) is 3.09. The van der Waals surface area contributed by atoms with Crippen molar-refractivity contribution in [3.05, 3.63) is 5.56 Å². The molecule has 1 aromatic rings. The van der Waals surface area contributed by atoms with Gasteiger partial charge in [0, 0.05) is 0 Å². The van der Waals surface area contributed by atoms with Gasteiger partial charge in [-0.05, 0) is 12.8 Å². The number of aliphatic hydroxyl groups excluding tert-OH is 1. The molecule has 1 saturated carbocycles. The van der Waals surface area contributed by atoms with E-state index in [1.165, 1.54) is 4.68 Å². The maximum Gasteiger partial charge on any atom is 0.165 e. The standard InChI is InChI=1S/C10H15N5O/c11-5-6-9(12)14-15(10(6)13)7-3-1-2-4-8(7)16/h7-8,16H,1-4,13H2,(H2,12,14). The zero-order chi connectivity index (χ0) is 11.7. The summed E-state index contributed by atoms with van der Waals surface area (Å²) in [6.45, 7) is 0. The fourth-order valence-corrected chi connectivity index (χ4v) is 2.21. The maximum absolute atomic E-state index is 9.88. The van der Waals surface area contributed by atoms with Crippen LogP contribution in [-0.4, -0.2) is 21.0 Å². The largest absolute Gasteiger partial charge is 0.391 e. The summed E-state index contributed by atoms with van der Waals surface area (Å²) in [6.07, 6.45) is 3.15. The lowest BCUT2D eigenvalue weighted by molar-refractivity contribution is 0.0707. The Morgan fingerprint density at radius 2 is 2.06 bits per heavy atom. The number of aliphatic hydroxyl groups is 1. The van der Waals surface area contributed by atoms with Crippen molar-refractivity contribution in [3.63, 3.8) is 0 Å². The van der Waals surface area contributed by atoms with Crippen molar-refractivity contribution >= 4 is 11.6 Å². The molecule has 0 bridgehead atoms. The topological polar surface area (TPSA) is 114 Å². The summed E-state index contributed by atoms with van der Waals surface area (Å²) in [5.41, 5.74) is 11.6. The molecule has 1 aliphatic rings. The van der Waals surface area contributed by atoms with E-state index in [1.54, 1.807) is 0 Å². The van der Waals surface area contributed by atoms with Gasteiger partial charge in [-0.2, -0.15) is 10.4 Å². The summed E-state index contributed by atoms with van der Waals surface area (Å²) < 4.78 is 1.50.